The van der Waals surface area contributed by atoms with Gasteiger partial charge in [0.1, 0.15) is 0 Å². The number of aliphatic hydroxyl groups excluding tert-OH is 1. The summed E-state index contributed by atoms with van der Waals surface area (Å²) in [7, 11) is 0. The normalized spacial score (nSPS) is 12.1. The maximum atomic E-state index is 10.1. The predicted octanol–water partition coefficient (Wildman–Crippen LogP) is 0.399. The van der Waals surface area contributed by atoms with Gasteiger partial charge in [-0.1, -0.05) is 6.07 Å². The van der Waals surface area contributed by atoms with Crippen LogP contribution in [0.2, 0.25) is 0 Å². The van der Waals surface area contributed by atoms with Gasteiger partial charge in [-0.25, -0.2) is 4.79 Å². The second-order valence-corrected chi connectivity index (χ2v) is 2.95. The minimum Gasteiger partial charge on any atom is -0.504 e. The lowest BCUT2D eigenvalue weighted by atomic mass is 10.1. The molecule has 0 aliphatic carbocycles. The van der Waals surface area contributed by atoms with Gasteiger partial charge in [0.15, 0.2) is 11.5 Å². The quantitative estimate of drug-likeness (QED) is 0.467. The van der Waals surface area contributed by atoms with Crippen LogP contribution in [-0.2, 0) is 0 Å². The van der Waals surface area contributed by atoms with E-state index >= 15 is 0 Å². The lowest BCUT2D eigenvalue weighted by Gasteiger charge is -2.11. The highest BCUT2D eigenvalue weighted by Crippen LogP contribution is 2.27. The van der Waals surface area contributed by atoms with E-state index in [0.29, 0.717) is 5.56 Å². The molecule has 0 spiro atoms. The number of nitrogens with one attached hydrogen (secondary N) is 1. The van der Waals surface area contributed by atoms with E-state index in [1.807, 2.05) is 5.32 Å². The summed E-state index contributed by atoms with van der Waals surface area (Å²) >= 11 is 0. The Hall–Kier alpha value is -1.95. The SMILES string of the molecule is O=C(O)NCC(O)c1ccc(O)c(O)c1. The molecular formula is C9H11NO5. The molecule has 1 amide bonds. The van der Waals surface area contributed by atoms with Crippen LogP contribution < -0.4 is 5.32 Å². The average molecular weight is 213 g/mol. The van der Waals surface area contributed by atoms with Gasteiger partial charge < -0.3 is 25.7 Å². The lowest BCUT2D eigenvalue weighted by Crippen LogP contribution is -2.26. The molecule has 0 radical (unpaired) electrons. The highest BCUT2D eigenvalue weighted by atomic mass is 16.4. The fraction of sp³-hybridized carbons (Fsp3) is 0.222. The van der Waals surface area contributed by atoms with E-state index in [-0.39, 0.29) is 18.0 Å². The molecule has 1 unspecified atom stereocenters. The predicted molar refractivity (Wildman–Crippen MR) is 50.8 cm³/mol. The average Bonchev–Trinajstić information content (AvgIpc) is 2.18. The van der Waals surface area contributed by atoms with Gasteiger partial charge in [-0.15, -0.1) is 0 Å². The molecule has 1 aromatic rings. The molecule has 0 aromatic heterocycles. The Balaban J connectivity index is 2.69. The summed E-state index contributed by atoms with van der Waals surface area (Å²) in [4.78, 5) is 10.1. The van der Waals surface area contributed by atoms with Crippen molar-refractivity contribution in [3.8, 4) is 11.5 Å². The van der Waals surface area contributed by atoms with E-state index in [1.54, 1.807) is 0 Å². The largest absolute Gasteiger partial charge is 0.504 e. The van der Waals surface area contributed by atoms with Crippen molar-refractivity contribution >= 4 is 6.09 Å². The molecule has 0 saturated carbocycles. The van der Waals surface area contributed by atoms with Crippen molar-refractivity contribution in [3.05, 3.63) is 23.8 Å². The number of carboxylic acid groups (broad SMARTS) is 1. The van der Waals surface area contributed by atoms with Gasteiger partial charge in [-0.2, -0.15) is 0 Å². The molecule has 82 valence electrons. The summed E-state index contributed by atoms with van der Waals surface area (Å²) in [5, 5.41) is 37.9. The first-order chi connectivity index (χ1) is 7.00. The number of amides is 1. The second kappa shape index (κ2) is 4.52. The minimum absolute atomic E-state index is 0.181. The molecule has 0 saturated heterocycles. The molecule has 15 heavy (non-hydrogen) atoms. The number of aromatic hydroxyl groups is 2. The molecule has 0 aliphatic heterocycles. The zero-order valence-corrected chi connectivity index (χ0v) is 7.71. The van der Waals surface area contributed by atoms with Crippen molar-refractivity contribution in [3.63, 3.8) is 0 Å². The summed E-state index contributed by atoms with van der Waals surface area (Å²) in [6.45, 7) is -0.181. The third kappa shape index (κ3) is 3.03. The third-order valence-electron chi connectivity index (χ3n) is 1.83. The lowest BCUT2D eigenvalue weighted by molar-refractivity contribution is 0.158. The monoisotopic (exact) mass is 213 g/mol. The first-order valence-corrected chi connectivity index (χ1v) is 4.17. The smallest absolute Gasteiger partial charge is 0.404 e. The van der Waals surface area contributed by atoms with Crippen LogP contribution in [0.15, 0.2) is 18.2 Å². The highest BCUT2D eigenvalue weighted by Gasteiger charge is 2.10. The van der Waals surface area contributed by atoms with Crippen LogP contribution in [0.4, 0.5) is 4.79 Å². The summed E-state index contributed by atoms with van der Waals surface area (Å²) in [6, 6.07) is 3.78. The number of aliphatic hydroxyl groups is 1. The van der Waals surface area contributed by atoms with Crippen molar-refractivity contribution in [1.29, 1.82) is 0 Å². The number of rotatable bonds is 3. The van der Waals surface area contributed by atoms with Crippen molar-refractivity contribution < 1.29 is 25.2 Å². The minimum atomic E-state index is -1.24. The van der Waals surface area contributed by atoms with Crippen LogP contribution in [0.3, 0.4) is 0 Å². The number of carbonyl (C=O) groups is 1. The Morgan fingerprint density at radius 1 is 1.33 bits per heavy atom. The molecule has 0 fully saturated rings. The Morgan fingerprint density at radius 3 is 2.53 bits per heavy atom. The van der Waals surface area contributed by atoms with Gasteiger partial charge in [0.25, 0.3) is 0 Å². The van der Waals surface area contributed by atoms with E-state index in [2.05, 4.69) is 0 Å². The van der Waals surface area contributed by atoms with Crippen LogP contribution in [-0.4, -0.2) is 33.1 Å². The van der Waals surface area contributed by atoms with E-state index in [4.69, 9.17) is 15.3 Å². The van der Waals surface area contributed by atoms with Gasteiger partial charge >= 0.3 is 6.09 Å². The second-order valence-electron chi connectivity index (χ2n) is 2.95. The topological polar surface area (TPSA) is 110 Å². The molecule has 1 rings (SSSR count). The molecular weight excluding hydrogens is 202 g/mol. The molecule has 6 heteroatoms. The van der Waals surface area contributed by atoms with Crippen molar-refractivity contribution in [2.75, 3.05) is 6.54 Å². The number of hydrogen-bond acceptors (Lipinski definition) is 4. The number of benzene rings is 1. The van der Waals surface area contributed by atoms with Gasteiger partial charge in [0, 0.05) is 0 Å². The van der Waals surface area contributed by atoms with Crippen LogP contribution in [0.25, 0.3) is 0 Å². The summed E-state index contributed by atoms with van der Waals surface area (Å²) < 4.78 is 0. The van der Waals surface area contributed by atoms with Crippen molar-refractivity contribution in [1.82, 2.24) is 5.32 Å². The van der Waals surface area contributed by atoms with E-state index in [9.17, 15) is 9.90 Å². The third-order valence-corrected chi connectivity index (χ3v) is 1.83. The van der Waals surface area contributed by atoms with Gasteiger partial charge in [-0.05, 0) is 17.7 Å². The number of phenols is 2. The maximum Gasteiger partial charge on any atom is 0.404 e. The van der Waals surface area contributed by atoms with Gasteiger partial charge in [-0.3, -0.25) is 0 Å². The molecule has 0 heterocycles. The van der Waals surface area contributed by atoms with E-state index < -0.39 is 12.2 Å². The van der Waals surface area contributed by atoms with Gasteiger partial charge in [0.2, 0.25) is 0 Å². The van der Waals surface area contributed by atoms with Crippen LogP contribution >= 0.6 is 0 Å². The first-order valence-electron chi connectivity index (χ1n) is 4.17. The Bertz CT molecular complexity index is 366. The summed E-state index contributed by atoms with van der Waals surface area (Å²) in [6.07, 6.45) is -2.30. The fourth-order valence-electron chi connectivity index (χ4n) is 1.05. The van der Waals surface area contributed by atoms with Crippen LogP contribution in [0.1, 0.15) is 11.7 Å². The van der Waals surface area contributed by atoms with E-state index in [0.717, 1.165) is 0 Å². The standard InChI is InChI=1S/C9H11NO5/c11-6-2-1-5(3-7(6)12)8(13)4-10-9(14)15/h1-3,8,10-13H,4H2,(H,14,15). The highest BCUT2D eigenvalue weighted by molar-refractivity contribution is 5.64. The summed E-state index contributed by atoms with van der Waals surface area (Å²) in [5.41, 5.74) is 0.319. The Kier molecular flexibility index (Phi) is 3.35. The molecule has 1 atom stereocenters. The molecule has 0 bridgehead atoms. The van der Waals surface area contributed by atoms with E-state index in [1.165, 1.54) is 18.2 Å². The Morgan fingerprint density at radius 2 is 2.00 bits per heavy atom. The van der Waals surface area contributed by atoms with Gasteiger partial charge in [0.05, 0.1) is 12.6 Å². The molecule has 0 aliphatic rings. The van der Waals surface area contributed by atoms with Crippen LogP contribution in [0, 0.1) is 0 Å². The summed E-state index contributed by atoms with van der Waals surface area (Å²) in [5.74, 6) is -0.654. The fourth-order valence-corrected chi connectivity index (χ4v) is 1.05. The zero-order chi connectivity index (χ0) is 11.4. The zero-order valence-electron chi connectivity index (χ0n) is 7.71. The number of hydrogen-bond donors (Lipinski definition) is 5. The van der Waals surface area contributed by atoms with Crippen molar-refractivity contribution in [2.45, 2.75) is 6.10 Å². The maximum absolute atomic E-state index is 10.1. The van der Waals surface area contributed by atoms with Crippen molar-refractivity contribution in [2.24, 2.45) is 0 Å². The number of phenolic OH excluding ortho intramolecular Hbond substituents is 2. The Labute approximate surface area is 85.4 Å². The molecule has 5 N–H and O–H groups in total. The first kappa shape index (κ1) is 11.1. The molecule has 1 aromatic carbocycles. The van der Waals surface area contributed by atoms with Crippen LogP contribution in [0.5, 0.6) is 11.5 Å². The molecule has 6 nitrogen and oxygen atoms in total.